The molecule has 3 nitrogen and oxygen atoms in total. The van der Waals surface area contributed by atoms with Gasteiger partial charge in [-0.05, 0) is 54.6 Å². The predicted octanol–water partition coefficient (Wildman–Crippen LogP) is 3.19. The van der Waals surface area contributed by atoms with Crippen LogP contribution in [0.1, 0.15) is 45.6 Å². The van der Waals surface area contributed by atoms with Gasteiger partial charge in [-0.15, -0.1) is 0 Å². The molecule has 0 saturated carbocycles. The van der Waals surface area contributed by atoms with E-state index in [2.05, 4.69) is 22.9 Å². The minimum Gasteiger partial charge on any atom is -0.317 e. The normalized spacial score (nSPS) is 15.3. The van der Waals surface area contributed by atoms with E-state index in [0.29, 0.717) is 5.75 Å². The fourth-order valence-electron chi connectivity index (χ4n) is 1.79. The molecule has 5 heteroatoms. The van der Waals surface area contributed by atoms with Gasteiger partial charge in [-0.3, -0.25) is 9.00 Å². The van der Waals surface area contributed by atoms with Gasteiger partial charge in [-0.2, -0.15) is 0 Å². The third-order valence-corrected chi connectivity index (χ3v) is 5.91. The summed E-state index contributed by atoms with van der Waals surface area (Å²) in [4.78, 5) is 11.8. The summed E-state index contributed by atoms with van der Waals surface area (Å²) in [6, 6.07) is 1.65. The molecule has 108 valence electrons. The summed E-state index contributed by atoms with van der Waals surface area (Å²) >= 11 is 3.50. The molecule has 0 saturated heterocycles. The Morgan fingerprint density at radius 2 is 2.00 bits per heavy atom. The van der Waals surface area contributed by atoms with Crippen molar-refractivity contribution in [2.45, 2.75) is 44.8 Å². The zero-order valence-corrected chi connectivity index (χ0v) is 14.6. The average molecular weight is 348 g/mol. The van der Waals surface area contributed by atoms with Crippen molar-refractivity contribution in [2.24, 2.45) is 7.05 Å². The molecular weight excluding hydrogens is 326 g/mol. The van der Waals surface area contributed by atoms with Gasteiger partial charge < -0.3 is 4.57 Å². The molecule has 0 N–H and O–H groups in total. The van der Waals surface area contributed by atoms with Crippen molar-refractivity contribution in [2.75, 3.05) is 5.75 Å². The Hall–Kier alpha value is -0.420. The van der Waals surface area contributed by atoms with Crippen molar-refractivity contribution >= 4 is 26.7 Å². The van der Waals surface area contributed by atoms with Gasteiger partial charge in [0.05, 0.1) is 0 Å². The highest BCUT2D eigenvalue weighted by Crippen LogP contribution is 2.28. The van der Waals surface area contributed by atoms with E-state index in [9.17, 15) is 9.00 Å². The number of hydrogen-bond donors (Lipinski definition) is 0. The lowest BCUT2D eigenvalue weighted by molar-refractivity contribution is 0.632. The second-order valence-corrected chi connectivity index (χ2v) is 8.86. The van der Waals surface area contributed by atoms with Crippen LogP contribution < -0.4 is 5.56 Å². The quantitative estimate of drug-likeness (QED) is 0.838. The molecule has 0 aromatic carbocycles. The predicted molar refractivity (Wildman–Crippen MR) is 85.2 cm³/mol. The molecule has 19 heavy (non-hydrogen) atoms. The summed E-state index contributed by atoms with van der Waals surface area (Å²) in [6.07, 6.45) is 2.65. The first kappa shape index (κ1) is 16.6. The summed E-state index contributed by atoms with van der Waals surface area (Å²) in [6.45, 7) is 8.01. The number of aromatic nitrogens is 1. The third-order valence-electron chi connectivity index (χ3n) is 3.18. The van der Waals surface area contributed by atoms with Crippen molar-refractivity contribution in [1.82, 2.24) is 4.57 Å². The van der Waals surface area contributed by atoms with E-state index in [1.807, 2.05) is 20.8 Å². The number of pyridine rings is 1. The van der Waals surface area contributed by atoms with Crippen LogP contribution in [0.2, 0.25) is 0 Å². The van der Waals surface area contributed by atoms with Gasteiger partial charge >= 0.3 is 0 Å². The van der Waals surface area contributed by atoms with Gasteiger partial charge in [-0.25, -0.2) is 0 Å². The van der Waals surface area contributed by atoms with Gasteiger partial charge in [0.1, 0.15) is 0 Å². The molecular formula is C14H22BrNO2S. The lowest BCUT2D eigenvalue weighted by Gasteiger charge is -2.23. The Labute approximate surface area is 126 Å². The Morgan fingerprint density at radius 3 is 2.47 bits per heavy atom. The molecule has 0 aliphatic rings. The van der Waals surface area contributed by atoms with Crippen molar-refractivity contribution in [1.29, 1.82) is 0 Å². The van der Waals surface area contributed by atoms with E-state index in [1.165, 1.54) is 0 Å². The molecule has 1 heterocycles. The topological polar surface area (TPSA) is 39.1 Å². The highest BCUT2D eigenvalue weighted by atomic mass is 79.9. The van der Waals surface area contributed by atoms with Crippen LogP contribution in [0.4, 0.5) is 0 Å². The maximum Gasteiger partial charge on any atom is 0.250 e. The molecule has 1 aromatic heterocycles. The van der Waals surface area contributed by atoms with Crippen LogP contribution in [0.25, 0.3) is 0 Å². The zero-order valence-electron chi connectivity index (χ0n) is 12.2. The second kappa shape index (κ2) is 6.35. The van der Waals surface area contributed by atoms with E-state index in [-0.39, 0.29) is 16.2 Å². The van der Waals surface area contributed by atoms with Crippen molar-refractivity contribution in [3.63, 3.8) is 0 Å². The molecule has 0 spiro atoms. The lowest BCUT2D eigenvalue weighted by Crippen LogP contribution is -2.27. The van der Waals surface area contributed by atoms with Crippen LogP contribution in [-0.2, 0) is 17.8 Å². The van der Waals surface area contributed by atoms with E-state index in [1.54, 1.807) is 23.9 Å². The first-order valence-electron chi connectivity index (χ1n) is 6.41. The smallest absolute Gasteiger partial charge is 0.250 e. The van der Waals surface area contributed by atoms with Crippen molar-refractivity contribution in [3.8, 4) is 0 Å². The van der Waals surface area contributed by atoms with Gasteiger partial charge in [0.15, 0.2) is 0 Å². The molecule has 0 aliphatic heterocycles. The minimum absolute atomic E-state index is 0.0295. The average Bonchev–Trinajstić information content (AvgIpc) is 2.29. The summed E-state index contributed by atoms with van der Waals surface area (Å²) in [5, 5.41) is 0. The van der Waals surface area contributed by atoms with E-state index in [0.717, 1.165) is 16.5 Å². The van der Waals surface area contributed by atoms with Crippen LogP contribution >= 0.6 is 15.9 Å². The molecule has 0 aliphatic carbocycles. The van der Waals surface area contributed by atoms with E-state index in [4.69, 9.17) is 0 Å². The fraction of sp³-hybridized carbons (Fsp3) is 0.643. The molecule has 0 fully saturated rings. The molecule has 0 bridgehead atoms. The summed E-state index contributed by atoms with van der Waals surface area (Å²) in [7, 11) is 0.810. The maximum absolute atomic E-state index is 12.3. The lowest BCUT2D eigenvalue weighted by atomic mass is 10.00. The second-order valence-electron chi connectivity index (χ2n) is 5.76. The molecule has 0 radical (unpaired) electrons. The van der Waals surface area contributed by atoms with Crippen molar-refractivity contribution in [3.05, 3.63) is 32.7 Å². The van der Waals surface area contributed by atoms with Crippen LogP contribution in [0, 0.1) is 0 Å². The minimum atomic E-state index is -0.918. The molecule has 2 atom stereocenters. The fourth-order valence-corrected chi connectivity index (χ4v) is 3.81. The largest absolute Gasteiger partial charge is 0.317 e. The highest BCUT2D eigenvalue weighted by molar-refractivity contribution is 9.10. The monoisotopic (exact) mass is 347 g/mol. The maximum atomic E-state index is 12.3. The summed E-state index contributed by atoms with van der Waals surface area (Å²) < 4.78 is 14.5. The Morgan fingerprint density at radius 1 is 1.42 bits per heavy atom. The van der Waals surface area contributed by atoms with Crippen LogP contribution in [0.3, 0.4) is 0 Å². The SMILES string of the molecule is CC[C@H](C[S@@](=O)C(C)(C)C)c1cc(=O)n(C)cc1Br. The number of hydrogen-bond acceptors (Lipinski definition) is 2. The summed E-state index contributed by atoms with van der Waals surface area (Å²) in [5.41, 5.74) is 0.932. The Kier molecular flexibility index (Phi) is 5.56. The standard InChI is InChI=1S/C14H22BrNO2S/c1-6-10(9-19(18)14(2,3)4)11-7-13(17)16(5)8-12(11)15/h7-8,10H,6,9H2,1-5H3/t10-,19-/m1/s1. The summed E-state index contributed by atoms with van der Waals surface area (Å²) in [5.74, 6) is 0.731. The first-order valence-corrected chi connectivity index (χ1v) is 8.52. The highest BCUT2D eigenvalue weighted by Gasteiger charge is 2.24. The van der Waals surface area contributed by atoms with Gasteiger partial charge in [0.25, 0.3) is 5.56 Å². The third kappa shape index (κ3) is 4.28. The Balaban J connectivity index is 3.08. The van der Waals surface area contributed by atoms with Gasteiger partial charge in [0, 0.05) is 45.1 Å². The van der Waals surface area contributed by atoms with Crippen LogP contribution in [0.15, 0.2) is 21.5 Å². The number of halogens is 1. The van der Waals surface area contributed by atoms with Gasteiger partial charge in [0.2, 0.25) is 0 Å². The molecule has 1 aromatic rings. The first-order chi connectivity index (χ1) is 8.66. The van der Waals surface area contributed by atoms with E-state index >= 15 is 0 Å². The number of aryl methyl sites for hydroxylation is 1. The van der Waals surface area contributed by atoms with Crippen LogP contribution in [-0.4, -0.2) is 19.3 Å². The molecule has 0 unspecified atom stereocenters. The van der Waals surface area contributed by atoms with Gasteiger partial charge in [-0.1, -0.05) is 6.92 Å². The number of nitrogens with zero attached hydrogens (tertiary/aromatic N) is 1. The number of rotatable bonds is 4. The molecule has 0 amide bonds. The van der Waals surface area contributed by atoms with E-state index < -0.39 is 10.8 Å². The Bertz CT molecular complexity index is 531. The zero-order chi connectivity index (χ0) is 14.8. The molecule has 1 rings (SSSR count). The van der Waals surface area contributed by atoms with Crippen LogP contribution in [0.5, 0.6) is 0 Å². The van der Waals surface area contributed by atoms with Crippen molar-refractivity contribution < 1.29 is 4.21 Å².